The Morgan fingerprint density at radius 3 is 2.87 bits per heavy atom. The van der Waals surface area contributed by atoms with Gasteiger partial charge in [-0.15, -0.1) is 0 Å². The molecule has 0 amide bonds. The summed E-state index contributed by atoms with van der Waals surface area (Å²) >= 11 is 0. The second-order valence-electron chi connectivity index (χ2n) is 6.07. The smallest absolute Gasteiger partial charge is 0.126 e. The van der Waals surface area contributed by atoms with Crippen molar-refractivity contribution in [3.63, 3.8) is 0 Å². The van der Waals surface area contributed by atoms with Crippen molar-refractivity contribution in [3.05, 3.63) is 48.8 Å². The molecule has 0 radical (unpaired) electrons. The Balaban J connectivity index is 1.44. The largest absolute Gasteiger partial charge is 0.488 e. The molecule has 1 aliphatic rings. The molecule has 0 bridgehead atoms. The van der Waals surface area contributed by atoms with Crippen LogP contribution in [0.15, 0.2) is 48.8 Å². The van der Waals surface area contributed by atoms with E-state index in [4.69, 9.17) is 4.74 Å². The Hall–Kier alpha value is -1.85. The molecule has 3 atom stereocenters. The van der Waals surface area contributed by atoms with Gasteiger partial charge in [0.1, 0.15) is 18.0 Å². The van der Waals surface area contributed by atoms with Gasteiger partial charge in [-0.25, -0.2) is 0 Å². The number of ether oxygens (including phenoxy) is 1. The zero-order valence-corrected chi connectivity index (χ0v) is 13.3. The summed E-state index contributed by atoms with van der Waals surface area (Å²) in [4.78, 5) is 0. The third kappa shape index (κ3) is 4.56. The van der Waals surface area contributed by atoms with Gasteiger partial charge in [-0.1, -0.05) is 18.2 Å². The van der Waals surface area contributed by atoms with Crippen LogP contribution >= 0.6 is 0 Å². The van der Waals surface area contributed by atoms with Crippen molar-refractivity contribution in [1.82, 2.24) is 15.1 Å². The molecule has 0 spiro atoms. The van der Waals surface area contributed by atoms with Crippen molar-refractivity contribution in [1.29, 1.82) is 0 Å². The van der Waals surface area contributed by atoms with E-state index in [-0.39, 0.29) is 12.1 Å². The topological polar surface area (TPSA) is 59.3 Å². The lowest BCUT2D eigenvalue weighted by Gasteiger charge is -2.35. The highest BCUT2D eigenvalue weighted by molar-refractivity contribution is 5.21. The number of aromatic nitrogens is 2. The average molecular weight is 315 g/mol. The summed E-state index contributed by atoms with van der Waals surface area (Å²) in [6.45, 7) is 1.77. The maximum absolute atomic E-state index is 10.6. The van der Waals surface area contributed by atoms with Gasteiger partial charge in [0.2, 0.25) is 0 Å². The van der Waals surface area contributed by atoms with E-state index in [2.05, 4.69) is 10.4 Å². The molecule has 2 N–H and O–H groups in total. The molecular formula is C18H25N3O2. The van der Waals surface area contributed by atoms with Gasteiger partial charge in [0.05, 0.1) is 0 Å². The maximum atomic E-state index is 10.6. The van der Waals surface area contributed by atoms with E-state index in [9.17, 15) is 5.11 Å². The normalized spacial score (nSPS) is 24.5. The summed E-state index contributed by atoms with van der Waals surface area (Å²) < 4.78 is 7.89. The molecule has 0 aliphatic heterocycles. The molecule has 1 aromatic heterocycles. The highest BCUT2D eigenvalue weighted by Crippen LogP contribution is 2.24. The zero-order valence-electron chi connectivity index (χ0n) is 13.3. The van der Waals surface area contributed by atoms with Crippen LogP contribution in [0.25, 0.3) is 0 Å². The fourth-order valence-corrected chi connectivity index (χ4v) is 3.13. The molecule has 1 aromatic carbocycles. The van der Waals surface area contributed by atoms with E-state index >= 15 is 0 Å². The number of nitrogens with one attached hydrogen (secondary N) is 1. The van der Waals surface area contributed by atoms with Crippen molar-refractivity contribution in [2.75, 3.05) is 6.54 Å². The maximum Gasteiger partial charge on any atom is 0.126 e. The predicted molar refractivity (Wildman–Crippen MR) is 89.4 cm³/mol. The van der Waals surface area contributed by atoms with Gasteiger partial charge < -0.3 is 15.2 Å². The minimum absolute atomic E-state index is 0.107. The number of para-hydroxylation sites is 1. The van der Waals surface area contributed by atoms with E-state index in [0.717, 1.165) is 44.5 Å². The molecule has 5 heteroatoms. The summed E-state index contributed by atoms with van der Waals surface area (Å²) in [6, 6.07) is 11.8. The van der Waals surface area contributed by atoms with Crippen LogP contribution in [0.2, 0.25) is 0 Å². The third-order valence-corrected chi connectivity index (χ3v) is 4.36. The van der Waals surface area contributed by atoms with E-state index in [0.29, 0.717) is 0 Å². The molecule has 23 heavy (non-hydrogen) atoms. The Kier molecular flexibility index (Phi) is 5.66. The third-order valence-electron chi connectivity index (χ3n) is 4.36. The molecule has 1 heterocycles. The van der Waals surface area contributed by atoms with Gasteiger partial charge in [0.15, 0.2) is 0 Å². The fourth-order valence-electron chi connectivity index (χ4n) is 3.13. The first kappa shape index (κ1) is 16.0. The number of benzene rings is 1. The van der Waals surface area contributed by atoms with Gasteiger partial charge in [-0.3, -0.25) is 4.68 Å². The number of aliphatic hydroxyl groups is 1. The molecule has 1 saturated carbocycles. The standard InChI is InChI=1S/C18H25N3O2/c22-18-16(19-11-5-13-21-14-6-12-20-21)9-4-10-17(18)23-15-7-2-1-3-8-15/h1-3,6-8,12,14,16-19,22H,4-5,9-11,13H2/t16-,17+,18+/m0/s1. The number of hydrogen-bond donors (Lipinski definition) is 2. The Morgan fingerprint density at radius 1 is 1.22 bits per heavy atom. The van der Waals surface area contributed by atoms with Gasteiger partial charge in [0, 0.05) is 25.0 Å². The first-order chi connectivity index (χ1) is 11.3. The summed E-state index contributed by atoms with van der Waals surface area (Å²) in [7, 11) is 0. The molecule has 1 fully saturated rings. The molecule has 0 saturated heterocycles. The first-order valence-electron chi connectivity index (χ1n) is 8.43. The van der Waals surface area contributed by atoms with E-state index in [1.807, 2.05) is 47.3 Å². The van der Waals surface area contributed by atoms with Crippen LogP contribution in [0.5, 0.6) is 5.75 Å². The van der Waals surface area contributed by atoms with Crippen molar-refractivity contribution in [3.8, 4) is 5.75 Å². The lowest BCUT2D eigenvalue weighted by atomic mass is 9.89. The number of hydrogen-bond acceptors (Lipinski definition) is 4. The Morgan fingerprint density at radius 2 is 2.09 bits per heavy atom. The number of rotatable bonds is 7. The lowest BCUT2D eigenvalue weighted by molar-refractivity contribution is -0.0153. The second kappa shape index (κ2) is 8.13. The molecule has 124 valence electrons. The van der Waals surface area contributed by atoms with Crippen molar-refractivity contribution in [2.45, 2.75) is 50.5 Å². The zero-order chi connectivity index (χ0) is 15.9. The van der Waals surface area contributed by atoms with Gasteiger partial charge in [-0.2, -0.15) is 5.10 Å². The van der Waals surface area contributed by atoms with Crippen LogP contribution in [0.3, 0.4) is 0 Å². The molecular weight excluding hydrogens is 290 g/mol. The van der Waals surface area contributed by atoms with Crippen molar-refractivity contribution >= 4 is 0 Å². The van der Waals surface area contributed by atoms with E-state index < -0.39 is 6.10 Å². The van der Waals surface area contributed by atoms with Crippen LogP contribution in [0, 0.1) is 0 Å². The average Bonchev–Trinajstić information content (AvgIpc) is 3.09. The van der Waals surface area contributed by atoms with Gasteiger partial charge >= 0.3 is 0 Å². The Labute approximate surface area is 137 Å². The quantitative estimate of drug-likeness (QED) is 0.769. The van der Waals surface area contributed by atoms with Crippen LogP contribution in [0.1, 0.15) is 25.7 Å². The highest BCUT2D eigenvalue weighted by atomic mass is 16.5. The van der Waals surface area contributed by atoms with Gasteiger partial charge in [-0.05, 0) is 50.4 Å². The van der Waals surface area contributed by atoms with E-state index in [1.165, 1.54) is 0 Å². The molecule has 0 unspecified atom stereocenters. The van der Waals surface area contributed by atoms with Crippen LogP contribution in [0.4, 0.5) is 0 Å². The number of aliphatic hydroxyl groups excluding tert-OH is 1. The minimum atomic E-state index is -0.464. The SMILES string of the molecule is O[C@@H]1[C@@H](NCCCn2cccn2)CCC[C@H]1Oc1ccccc1. The molecule has 3 rings (SSSR count). The van der Waals surface area contributed by atoms with E-state index in [1.54, 1.807) is 6.20 Å². The van der Waals surface area contributed by atoms with Gasteiger partial charge in [0.25, 0.3) is 0 Å². The lowest BCUT2D eigenvalue weighted by Crippen LogP contribution is -2.51. The predicted octanol–water partition coefficient (Wildman–Crippen LogP) is 2.22. The van der Waals surface area contributed by atoms with Crippen LogP contribution < -0.4 is 10.1 Å². The van der Waals surface area contributed by atoms with Crippen molar-refractivity contribution < 1.29 is 9.84 Å². The summed E-state index contributed by atoms with van der Waals surface area (Å²) in [5, 5.41) is 18.2. The second-order valence-corrected chi connectivity index (χ2v) is 6.07. The molecule has 2 aromatic rings. The van der Waals surface area contributed by atoms with Crippen LogP contribution in [-0.4, -0.2) is 39.7 Å². The fraction of sp³-hybridized carbons (Fsp3) is 0.500. The van der Waals surface area contributed by atoms with Crippen molar-refractivity contribution in [2.24, 2.45) is 0 Å². The molecule has 1 aliphatic carbocycles. The summed E-state index contributed by atoms with van der Waals surface area (Å²) in [5.41, 5.74) is 0. The summed E-state index contributed by atoms with van der Waals surface area (Å²) in [5.74, 6) is 0.830. The van der Waals surface area contributed by atoms with Crippen LogP contribution in [-0.2, 0) is 6.54 Å². The minimum Gasteiger partial charge on any atom is -0.488 e. The first-order valence-corrected chi connectivity index (χ1v) is 8.43. The molecule has 5 nitrogen and oxygen atoms in total. The monoisotopic (exact) mass is 315 g/mol. The summed E-state index contributed by atoms with van der Waals surface area (Å²) in [6.07, 6.45) is 7.14. The Bertz CT molecular complexity index is 559. The number of nitrogens with zero attached hydrogens (tertiary/aromatic N) is 2. The highest BCUT2D eigenvalue weighted by Gasteiger charge is 2.32. The number of aryl methyl sites for hydroxylation is 1.